The lowest BCUT2D eigenvalue weighted by Crippen LogP contribution is -1.97. The third kappa shape index (κ3) is 3.13. The van der Waals surface area contributed by atoms with Gasteiger partial charge in [-0.2, -0.15) is 0 Å². The van der Waals surface area contributed by atoms with Crippen molar-refractivity contribution >= 4 is 59.6 Å². The van der Waals surface area contributed by atoms with Gasteiger partial charge in [-0.25, -0.2) is 0 Å². The van der Waals surface area contributed by atoms with Crippen molar-refractivity contribution in [2.45, 2.75) is 27.7 Å². The van der Waals surface area contributed by atoms with Gasteiger partial charge in [0.25, 0.3) is 0 Å². The third-order valence-electron chi connectivity index (χ3n) is 2.94. The van der Waals surface area contributed by atoms with Crippen molar-refractivity contribution in [3.8, 4) is 0 Å². The van der Waals surface area contributed by atoms with Gasteiger partial charge in [0.1, 0.15) is 0 Å². The molecule has 0 fully saturated rings. The molecule has 0 amide bonds. The monoisotopic (exact) mass is 342 g/mol. The summed E-state index contributed by atoms with van der Waals surface area (Å²) in [6.45, 7) is 8.13. The highest BCUT2D eigenvalue weighted by atomic mass is 32.2. The summed E-state index contributed by atoms with van der Waals surface area (Å²) in [5.74, 6) is 0. The zero-order valence-corrected chi connectivity index (χ0v) is 14.9. The minimum atomic E-state index is 0.517. The Morgan fingerprint density at radius 1 is 0.650 bits per heavy atom. The van der Waals surface area contributed by atoms with Crippen LogP contribution in [0.4, 0.5) is 0 Å². The quantitative estimate of drug-likeness (QED) is 0.513. The molecule has 2 aliphatic heterocycles. The Bertz CT molecular complexity index is 523. The number of hydrogen-bond donors (Lipinski definition) is 0. The fourth-order valence-electron chi connectivity index (χ4n) is 1.55. The molecule has 0 bridgehead atoms. The number of carbonyl (C=O) groups excluding carboxylic acids is 2. The maximum Gasteiger partial charge on any atom is 0.152 e. The van der Waals surface area contributed by atoms with Gasteiger partial charge in [0.15, 0.2) is 12.6 Å². The lowest BCUT2D eigenvalue weighted by molar-refractivity contribution is -0.107. The Labute approximate surface area is 136 Å². The van der Waals surface area contributed by atoms with E-state index in [1.54, 1.807) is 47.0 Å². The van der Waals surface area contributed by atoms with Crippen molar-refractivity contribution in [1.82, 2.24) is 0 Å². The van der Waals surface area contributed by atoms with Crippen molar-refractivity contribution < 1.29 is 9.59 Å². The van der Waals surface area contributed by atoms with E-state index in [1.165, 1.54) is 19.6 Å². The molecule has 0 aromatic carbocycles. The van der Waals surface area contributed by atoms with Crippen LogP contribution in [-0.4, -0.2) is 12.6 Å². The Balaban J connectivity index is 2.42. The molecule has 0 spiro atoms. The van der Waals surface area contributed by atoms with Crippen LogP contribution in [0.15, 0.2) is 39.2 Å². The lowest BCUT2D eigenvalue weighted by Gasteiger charge is -2.07. The van der Waals surface area contributed by atoms with Gasteiger partial charge in [-0.05, 0) is 47.3 Å². The molecule has 0 radical (unpaired) electrons. The van der Waals surface area contributed by atoms with Crippen LogP contribution in [0.25, 0.3) is 0 Å². The van der Waals surface area contributed by atoms with Crippen molar-refractivity contribution in [1.29, 1.82) is 0 Å². The second kappa shape index (κ2) is 6.64. The van der Waals surface area contributed by atoms with Gasteiger partial charge >= 0.3 is 0 Å². The first-order valence-electron chi connectivity index (χ1n) is 5.93. The standard InChI is InChI=1S/C14H14O2S4/c1-7-8(2)18-13(17-7)11(5-15)12(6-16)14-19-9(3)10(4)20-14/h5-6H,1-4H3. The second-order valence-electron chi connectivity index (χ2n) is 4.27. The second-order valence-corrected chi connectivity index (χ2v) is 9.69. The van der Waals surface area contributed by atoms with E-state index in [0.29, 0.717) is 11.1 Å². The average molecular weight is 343 g/mol. The fourth-order valence-corrected chi connectivity index (χ4v) is 6.64. The van der Waals surface area contributed by atoms with E-state index in [2.05, 4.69) is 0 Å². The van der Waals surface area contributed by atoms with E-state index < -0.39 is 0 Å². The van der Waals surface area contributed by atoms with Crippen LogP contribution in [0.2, 0.25) is 0 Å². The van der Waals surface area contributed by atoms with Crippen LogP contribution in [0.5, 0.6) is 0 Å². The molecule has 0 saturated heterocycles. The molecule has 2 nitrogen and oxygen atoms in total. The summed E-state index contributed by atoms with van der Waals surface area (Å²) in [6.07, 6.45) is 1.62. The molecule has 2 heterocycles. The van der Waals surface area contributed by atoms with Crippen LogP contribution < -0.4 is 0 Å². The molecule has 106 valence electrons. The van der Waals surface area contributed by atoms with Crippen LogP contribution in [-0.2, 0) is 9.59 Å². The third-order valence-corrected chi connectivity index (χ3v) is 8.27. The molecule has 20 heavy (non-hydrogen) atoms. The van der Waals surface area contributed by atoms with Gasteiger partial charge in [-0.15, -0.1) is 0 Å². The van der Waals surface area contributed by atoms with E-state index in [1.807, 2.05) is 27.7 Å². The molecule has 2 aliphatic rings. The molecule has 0 saturated carbocycles. The number of thioether (sulfide) groups is 4. The lowest BCUT2D eigenvalue weighted by atomic mass is 10.2. The molecule has 0 aliphatic carbocycles. The summed E-state index contributed by atoms with van der Waals surface area (Å²) in [7, 11) is 0. The minimum absolute atomic E-state index is 0.517. The number of hydrogen-bond acceptors (Lipinski definition) is 6. The molecular formula is C14H14O2S4. The van der Waals surface area contributed by atoms with Crippen LogP contribution >= 0.6 is 47.0 Å². The van der Waals surface area contributed by atoms with Gasteiger partial charge in [-0.1, -0.05) is 47.0 Å². The molecule has 6 heteroatoms. The molecular weight excluding hydrogens is 328 g/mol. The van der Waals surface area contributed by atoms with Crippen LogP contribution in [0.1, 0.15) is 27.7 Å². The summed E-state index contributed by atoms with van der Waals surface area (Å²) >= 11 is 6.30. The largest absolute Gasteiger partial charge is 0.298 e. The summed E-state index contributed by atoms with van der Waals surface area (Å²) in [5, 5.41) is 0. The highest BCUT2D eigenvalue weighted by Gasteiger charge is 2.25. The number of carbonyl (C=O) groups is 2. The van der Waals surface area contributed by atoms with Crippen molar-refractivity contribution in [2.24, 2.45) is 0 Å². The minimum Gasteiger partial charge on any atom is -0.298 e. The highest BCUT2D eigenvalue weighted by Crippen LogP contribution is 2.54. The van der Waals surface area contributed by atoms with Gasteiger partial charge in [-0.3, -0.25) is 9.59 Å². The summed E-state index contributed by atoms with van der Waals surface area (Å²) in [4.78, 5) is 27.8. The first-order valence-corrected chi connectivity index (χ1v) is 9.20. The first kappa shape index (κ1) is 16.1. The summed E-state index contributed by atoms with van der Waals surface area (Å²) < 4.78 is 1.82. The zero-order valence-electron chi connectivity index (χ0n) is 11.6. The Morgan fingerprint density at radius 2 is 0.900 bits per heavy atom. The average Bonchev–Trinajstić information content (AvgIpc) is 2.90. The molecule has 0 atom stereocenters. The highest BCUT2D eigenvalue weighted by molar-refractivity contribution is 8.29. The van der Waals surface area contributed by atoms with Gasteiger partial charge < -0.3 is 0 Å². The number of allylic oxidation sites excluding steroid dienone is 6. The van der Waals surface area contributed by atoms with Crippen molar-refractivity contribution in [3.63, 3.8) is 0 Å². The first-order chi connectivity index (χ1) is 9.47. The molecule has 2 rings (SSSR count). The zero-order chi connectivity index (χ0) is 14.9. The van der Waals surface area contributed by atoms with E-state index in [-0.39, 0.29) is 0 Å². The molecule has 0 N–H and O–H groups in total. The SMILES string of the molecule is CC1=C(C)SC(=C(C=O)C(C=O)=C2SC(C)=C(C)S2)S1. The molecule has 0 aromatic heterocycles. The fraction of sp³-hybridized carbons (Fsp3) is 0.286. The van der Waals surface area contributed by atoms with Crippen LogP contribution in [0, 0.1) is 0 Å². The van der Waals surface area contributed by atoms with Crippen molar-refractivity contribution in [2.75, 3.05) is 0 Å². The molecule has 0 aromatic rings. The number of rotatable bonds is 3. The number of aldehydes is 2. The van der Waals surface area contributed by atoms with Crippen LogP contribution in [0.3, 0.4) is 0 Å². The molecule has 0 unspecified atom stereocenters. The van der Waals surface area contributed by atoms with E-state index in [9.17, 15) is 9.59 Å². The maximum absolute atomic E-state index is 11.5. The summed E-state index contributed by atoms with van der Waals surface area (Å²) in [5.41, 5.74) is 1.03. The summed E-state index contributed by atoms with van der Waals surface area (Å²) in [6, 6.07) is 0. The van der Waals surface area contributed by atoms with E-state index >= 15 is 0 Å². The normalized spacial score (nSPS) is 19.0. The van der Waals surface area contributed by atoms with Gasteiger partial charge in [0.05, 0.1) is 8.47 Å². The van der Waals surface area contributed by atoms with E-state index in [4.69, 9.17) is 0 Å². The van der Waals surface area contributed by atoms with Crippen molar-refractivity contribution in [3.05, 3.63) is 39.2 Å². The van der Waals surface area contributed by atoms with Gasteiger partial charge in [0.2, 0.25) is 0 Å². The smallest absolute Gasteiger partial charge is 0.152 e. The Hall–Kier alpha value is -0.300. The topological polar surface area (TPSA) is 34.1 Å². The Morgan fingerprint density at radius 3 is 1.10 bits per heavy atom. The maximum atomic E-state index is 11.5. The van der Waals surface area contributed by atoms with Gasteiger partial charge in [0, 0.05) is 11.1 Å². The predicted octanol–water partition coefficient (Wildman–Crippen LogP) is 5.27. The predicted molar refractivity (Wildman–Crippen MR) is 93.3 cm³/mol. The Kier molecular flexibility index (Phi) is 5.34. The van der Waals surface area contributed by atoms with E-state index in [0.717, 1.165) is 21.0 Å².